The first-order chi connectivity index (χ1) is 10.3. The summed E-state index contributed by atoms with van der Waals surface area (Å²) in [5.41, 5.74) is 0.498. The number of anilines is 1. The fourth-order valence-electron chi connectivity index (χ4n) is 2.52. The van der Waals surface area contributed by atoms with Crippen LogP contribution in [-0.2, 0) is 16.4 Å². The van der Waals surface area contributed by atoms with Crippen LogP contribution in [0.3, 0.4) is 0 Å². The van der Waals surface area contributed by atoms with Gasteiger partial charge in [0.2, 0.25) is 0 Å². The van der Waals surface area contributed by atoms with E-state index in [4.69, 9.17) is 4.74 Å². The van der Waals surface area contributed by atoms with Gasteiger partial charge in [0.15, 0.2) is 5.82 Å². The molecule has 1 aliphatic rings. The van der Waals surface area contributed by atoms with Crippen LogP contribution in [-0.4, -0.2) is 31.3 Å². The molecule has 0 radical (unpaired) electrons. The Morgan fingerprint density at radius 1 is 1.23 bits per heavy atom. The Bertz CT molecular complexity index is 804. The molecule has 1 aromatic heterocycles. The molecule has 0 fully saturated rings. The van der Waals surface area contributed by atoms with Crippen molar-refractivity contribution >= 4 is 15.8 Å². The van der Waals surface area contributed by atoms with E-state index in [1.165, 1.54) is 13.2 Å². The predicted octanol–water partition coefficient (Wildman–Crippen LogP) is 2.02. The second kappa shape index (κ2) is 4.95. The molecule has 0 amide bonds. The molecule has 0 unspecified atom stereocenters. The van der Waals surface area contributed by atoms with Crippen LogP contribution in [0.25, 0.3) is 0 Å². The number of sulfonamides is 1. The van der Waals surface area contributed by atoms with Gasteiger partial charge in [-0.25, -0.2) is 8.42 Å². The fourth-order valence-corrected chi connectivity index (χ4v) is 3.82. The summed E-state index contributed by atoms with van der Waals surface area (Å²) in [5, 5.41) is 7.57. The van der Waals surface area contributed by atoms with Crippen molar-refractivity contribution in [2.24, 2.45) is 0 Å². The van der Waals surface area contributed by atoms with E-state index in [9.17, 15) is 8.42 Å². The van der Waals surface area contributed by atoms with E-state index in [0.717, 1.165) is 9.87 Å². The molecular formula is C15H17N3O3S. The molecule has 0 aliphatic carbocycles. The highest BCUT2D eigenvalue weighted by Crippen LogP contribution is 2.40. The highest BCUT2D eigenvalue weighted by atomic mass is 32.2. The Hall–Kier alpha value is -2.15. The van der Waals surface area contributed by atoms with Crippen LogP contribution < -0.4 is 9.04 Å². The molecule has 22 heavy (non-hydrogen) atoms. The summed E-state index contributed by atoms with van der Waals surface area (Å²) >= 11 is 0. The van der Waals surface area contributed by atoms with Crippen molar-refractivity contribution in [3.63, 3.8) is 0 Å². The number of hydrogen-bond donors (Lipinski definition) is 0. The zero-order valence-electron chi connectivity index (χ0n) is 12.6. The molecule has 116 valence electrons. The number of fused-ring (bicyclic) bond motifs is 1. The first-order valence-electron chi connectivity index (χ1n) is 6.89. The van der Waals surface area contributed by atoms with Gasteiger partial charge in [-0.3, -0.25) is 4.31 Å². The molecule has 2 heterocycles. The number of aromatic nitrogens is 2. The van der Waals surface area contributed by atoms with Gasteiger partial charge in [-0.05, 0) is 37.6 Å². The van der Waals surface area contributed by atoms with E-state index >= 15 is 0 Å². The summed E-state index contributed by atoms with van der Waals surface area (Å²) in [6, 6.07) is 8.43. The van der Waals surface area contributed by atoms with Crippen LogP contribution in [0.15, 0.2) is 41.4 Å². The zero-order chi connectivity index (χ0) is 16.0. The van der Waals surface area contributed by atoms with Crippen molar-refractivity contribution in [3.8, 4) is 5.75 Å². The van der Waals surface area contributed by atoms with Crippen molar-refractivity contribution in [2.75, 3.05) is 11.4 Å². The lowest BCUT2D eigenvalue weighted by Gasteiger charge is -2.21. The van der Waals surface area contributed by atoms with Crippen molar-refractivity contribution in [1.29, 1.82) is 0 Å². The normalized spacial score (nSPS) is 16.0. The van der Waals surface area contributed by atoms with Gasteiger partial charge >= 0.3 is 0 Å². The molecule has 3 rings (SSSR count). The minimum atomic E-state index is -3.76. The number of ether oxygens (including phenoxy) is 1. The van der Waals surface area contributed by atoms with E-state index in [1.54, 1.807) is 24.3 Å². The lowest BCUT2D eigenvalue weighted by Crippen LogP contribution is -2.29. The Balaban J connectivity index is 2.07. The summed E-state index contributed by atoms with van der Waals surface area (Å²) in [7, 11) is -2.30. The molecule has 7 heteroatoms. The minimum Gasteiger partial charge on any atom is -0.486 e. The van der Waals surface area contributed by atoms with E-state index in [0.29, 0.717) is 12.2 Å². The van der Waals surface area contributed by atoms with E-state index in [-0.39, 0.29) is 10.7 Å². The van der Waals surface area contributed by atoms with Gasteiger partial charge in [0.25, 0.3) is 10.0 Å². The maximum absolute atomic E-state index is 12.9. The van der Waals surface area contributed by atoms with E-state index < -0.39 is 15.6 Å². The first kappa shape index (κ1) is 14.8. The number of benzene rings is 1. The fraction of sp³-hybridized carbons (Fsp3) is 0.333. The Kier molecular flexibility index (Phi) is 3.32. The minimum absolute atomic E-state index is 0.156. The average molecular weight is 319 g/mol. The molecule has 2 aromatic rings. The largest absolute Gasteiger partial charge is 0.486 e. The smallest absolute Gasteiger partial charge is 0.268 e. The van der Waals surface area contributed by atoms with Crippen LogP contribution in [0.5, 0.6) is 5.75 Å². The third-order valence-electron chi connectivity index (χ3n) is 3.57. The molecule has 1 aliphatic heterocycles. The van der Waals surface area contributed by atoms with Gasteiger partial charge in [-0.1, -0.05) is 12.1 Å². The number of hydrogen-bond acceptors (Lipinski definition) is 5. The van der Waals surface area contributed by atoms with Crippen molar-refractivity contribution in [1.82, 2.24) is 10.2 Å². The molecular weight excluding hydrogens is 302 g/mol. The van der Waals surface area contributed by atoms with E-state index in [2.05, 4.69) is 10.2 Å². The molecule has 0 atom stereocenters. The maximum atomic E-state index is 12.9. The first-order valence-corrected chi connectivity index (χ1v) is 8.33. The average Bonchev–Trinajstić information content (AvgIpc) is 2.80. The maximum Gasteiger partial charge on any atom is 0.268 e. The molecule has 0 saturated carbocycles. The second-order valence-corrected chi connectivity index (χ2v) is 7.78. The summed E-state index contributed by atoms with van der Waals surface area (Å²) in [5.74, 6) is 0.695. The zero-order valence-corrected chi connectivity index (χ0v) is 13.5. The van der Waals surface area contributed by atoms with Gasteiger partial charge in [0, 0.05) is 19.7 Å². The number of para-hydroxylation sites is 1. The highest BCUT2D eigenvalue weighted by Gasteiger charge is 2.36. The number of rotatable bonds is 3. The molecule has 1 aromatic carbocycles. The SMILES string of the molecule is CN(c1cccnn1)S(=O)(=O)c1cccc2c1OC(C)(C)C2. The van der Waals surface area contributed by atoms with Gasteiger partial charge < -0.3 is 4.74 Å². The third kappa shape index (κ3) is 2.41. The summed E-state index contributed by atoms with van der Waals surface area (Å²) < 4.78 is 32.7. The molecule has 0 spiro atoms. The Morgan fingerprint density at radius 2 is 2.00 bits per heavy atom. The molecule has 0 N–H and O–H groups in total. The monoisotopic (exact) mass is 319 g/mol. The van der Waals surface area contributed by atoms with E-state index in [1.807, 2.05) is 19.9 Å². The van der Waals surface area contributed by atoms with Crippen LogP contribution in [0, 0.1) is 0 Å². The van der Waals surface area contributed by atoms with Crippen LogP contribution in [0.4, 0.5) is 5.82 Å². The lowest BCUT2D eigenvalue weighted by atomic mass is 10.0. The second-order valence-electron chi connectivity index (χ2n) is 5.84. The predicted molar refractivity (Wildman–Crippen MR) is 82.5 cm³/mol. The highest BCUT2D eigenvalue weighted by molar-refractivity contribution is 7.92. The summed E-state index contributed by atoms with van der Waals surface area (Å²) in [4.78, 5) is 0.156. The van der Waals surface area contributed by atoms with Gasteiger partial charge in [0.1, 0.15) is 16.2 Å². The molecule has 0 saturated heterocycles. The lowest BCUT2D eigenvalue weighted by molar-refractivity contribution is 0.135. The molecule has 6 nitrogen and oxygen atoms in total. The van der Waals surface area contributed by atoms with Gasteiger partial charge in [-0.2, -0.15) is 5.10 Å². The molecule has 0 bridgehead atoms. The summed E-state index contributed by atoms with van der Waals surface area (Å²) in [6.45, 7) is 3.88. The Morgan fingerprint density at radius 3 is 2.68 bits per heavy atom. The van der Waals surface area contributed by atoms with Crippen LogP contribution >= 0.6 is 0 Å². The van der Waals surface area contributed by atoms with Crippen LogP contribution in [0.1, 0.15) is 19.4 Å². The Labute approximate surface area is 129 Å². The van der Waals surface area contributed by atoms with Gasteiger partial charge in [0.05, 0.1) is 0 Å². The van der Waals surface area contributed by atoms with Crippen molar-refractivity contribution in [2.45, 2.75) is 30.8 Å². The standard InChI is InChI=1S/C15H17N3O3S/c1-15(2)10-11-6-4-7-12(14(11)21-15)22(19,20)18(3)13-8-5-9-16-17-13/h4-9H,10H2,1-3H3. The van der Waals surface area contributed by atoms with Gasteiger partial charge in [-0.15, -0.1) is 5.10 Å². The van der Waals surface area contributed by atoms with Crippen molar-refractivity contribution < 1.29 is 13.2 Å². The van der Waals surface area contributed by atoms with Crippen LogP contribution in [0.2, 0.25) is 0 Å². The summed E-state index contributed by atoms with van der Waals surface area (Å²) in [6.07, 6.45) is 2.18. The van der Waals surface area contributed by atoms with Crippen molar-refractivity contribution in [3.05, 3.63) is 42.1 Å². The quantitative estimate of drug-likeness (QED) is 0.865. The third-order valence-corrected chi connectivity index (χ3v) is 5.36. The number of nitrogens with zero attached hydrogens (tertiary/aromatic N) is 3. The topological polar surface area (TPSA) is 72.4 Å².